The molecule has 1 N–H and O–H groups in total. The van der Waals surface area contributed by atoms with Gasteiger partial charge < -0.3 is 10.0 Å². The first-order valence-electron chi connectivity index (χ1n) is 4.89. The number of amides is 1. The Bertz CT molecular complexity index is 222. The van der Waals surface area contributed by atoms with Crippen molar-refractivity contribution in [2.45, 2.75) is 13.3 Å². The van der Waals surface area contributed by atoms with Crippen LogP contribution in [0.15, 0.2) is 0 Å². The van der Waals surface area contributed by atoms with Crippen molar-refractivity contribution in [1.82, 2.24) is 9.80 Å². The molecule has 0 aromatic heterocycles. The quantitative estimate of drug-likeness (QED) is 0.617. The van der Waals surface area contributed by atoms with E-state index in [1.54, 1.807) is 0 Å². The van der Waals surface area contributed by atoms with E-state index in [0.717, 1.165) is 26.1 Å². The van der Waals surface area contributed by atoms with E-state index in [0.29, 0.717) is 13.1 Å². The molecule has 1 amide bonds. The van der Waals surface area contributed by atoms with Crippen molar-refractivity contribution >= 4 is 11.9 Å². The zero-order chi connectivity index (χ0) is 10.6. The zero-order valence-electron chi connectivity index (χ0n) is 8.40. The Morgan fingerprint density at radius 3 is 2.21 bits per heavy atom. The molecule has 1 rings (SSSR count). The maximum atomic E-state index is 11.1. The van der Waals surface area contributed by atoms with Crippen LogP contribution in [0.3, 0.4) is 0 Å². The second kappa shape index (κ2) is 4.95. The molecule has 0 radical (unpaired) electrons. The summed E-state index contributed by atoms with van der Waals surface area (Å²) in [5.74, 6) is -2.13. The summed E-state index contributed by atoms with van der Waals surface area (Å²) in [5.41, 5.74) is 0. The molecule has 5 nitrogen and oxygen atoms in total. The van der Waals surface area contributed by atoms with Crippen molar-refractivity contribution in [1.29, 1.82) is 0 Å². The highest BCUT2D eigenvalue weighted by Gasteiger charge is 2.24. The van der Waals surface area contributed by atoms with E-state index in [-0.39, 0.29) is 0 Å². The smallest absolute Gasteiger partial charge is 0.394 e. The molecule has 0 aliphatic carbocycles. The summed E-state index contributed by atoms with van der Waals surface area (Å²) >= 11 is 0. The molecule has 0 unspecified atom stereocenters. The molecule has 1 fully saturated rings. The minimum absolute atomic E-state index is 0.533. The van der Waals surface area contributed by atoms with Crippen LogP contribution in [0.2, 0.25) is 0 Å². The first-order valence-corrected chi connectivity index (χ1v) is 4.89. The average molecular weight is 200 g/mol. The van der Waals surface area contributed by atoms with E-state index in [4.69, 9.17) is 5.11 Å². The van der Waals surface area contributed by atoms with Crippen LogP contribution in [-0.4, -0.2) is 59.5 Å². The highest BCUT2D eigenvalue weighted by molar-refractivity contribution is 6.31. The van der Waals surface area contributed by atoms with Crippen molar-refractivity contribution < 1.29 is 14.7 Å². The highest BCUT2D eigenvalue weighted by Crippen LogP contribution is 2.02. The lowest BCUT2D eigenvalue weighted by molar-refractivity contribution is -0.156. The molecular weight excluding hydrogens is 184 g/mol. The monoisotopic (exact) mass is 200 g/mol. The fraction of sp³-hybridized carbons (Fsp3) is 0.778. The number of carbonyl (C=O) groups excluding carboxylic acids is 1. The van der Waals surface area contributed by atoms with Crippen LogP contribution in [0.4, 0.5) is 0 Å². The second-order valence-corrected chi connectivity index (χ2v) is 3.44. The van der Waals surface area contributed by atoms with Crippen LogP contribution in [0, 0.1) is 0 Å². The summed E-state index contributed by atoms with van der Waals surface area (Å²) in [4.78, 5) is 25.1. The van der Waals surface area contributed by atoms with Gasteiger partial charge >= 0.3 is 11.9 Å². The summed E-state index contributed by atoms with van der Waals surface area (Å²) in [6.45, 7) is 5.76. The summed E-state index contributed by atoms with van der Waals surface area (Å²) in [6.07, 6.45) is 1.09. The molecule has 1 saturated heterocycles. The second-order valence-electron chi connectivity index (χ2n) is 3.44. The topological polar surface area (TPSA) is 60.9 Å². The fourth-order valence-electron chi connectivity index (χ4n) is 1.63. The number of carbonyl (C=O) groups is 2. The van der Waals surface area contributed by atoms with Crippen LogP contribution < -0.4 is 0 Å². The van der Waals surface area contributed by atoms with Crippen molar-refractivity contribution in [3.8, 4) is 0 Å². The summed E-state index contributed by atoms with van der Waals surface area (Å²) in [6, 6.07) is 0. The van der Waals surface area contributed by atoms with Gasteiger partial charge in [-0.25, -0.2) is 4.79 Å². The van der Waals surface area contributed by atoms with Gasteiger partial charge in [0, 0.05) is 26.2 Å². The number of hydrogen-bond acceptors (Lipinski definition) is 3. The van der Waals surface area contributed by atoms with Gasteiger partial charge in [0.15, 0.2) is 0 Å². The Morgan fingerprint density at radius 2 is 1.79 bits per heavy atom. The number of nitrogens with zero attached hydrogens (tertiary/aromatic N) is 2. The minimum atomic E-state index is -1.35. The van der Waals surface area contributed by atoms with Crippen molar-refractivity contribution in [3.05, 3.63) is 0 Å². The summed E-state index contributed by atoms with van der Waals surface area (Å²) < 4.78 is 0. The van der Waals surface area contributed by atoms with E-state index >= 15 is 0 Å². The number of hydrogen-bond donors (Lipinski definition) is 1. The number of piperazine rings is 1. The van der Waals surface area contributed by atoms with Crippen LogP contribution in [0.25, 0.3) is 0 Å². The third-order valence-corrected chi connectivity index (χ3v) is 2.38. The average Bonchev–Trinajstić information content (AvgIpc) is 2.18. The van der Waals surface area contributed by atoms with Gasteiger partial charge in [0.25, 0.3) is 0 Å². The zero-order valence-corrected chi connectivity index (χ0v) is 8.40. The predicted octanol–water partition coefficient (Wildman–Crippen LogP) is -0.375. The number of carboxylic acids is 1. The van der Waals surface area contributed by atoms with Gasteiger partial charge in [-0.3, -0.25) is 9.69 Å². The Morgan fingerprint density at radius 1 is 1.21 bits per heavy atom. The van der Waals surface area contributed by atoms with Crippen molar-refractivity contribution in [2.75, 3.05) is 32.7 Å². The van der Waals surface area contributed by atoms with E-state index in [1.165, 1.54) is 4.90 Å². The van der Waals surface area contributed by atoms with Gasteiger partial charge in [-0.05, 0) is 13.0 Å². The van der Waals surface area contributed by atoms with Crippen molar-refractivity contribution in [3.63, 3.8) is 0 Å². The first kappa shape index (κ1) is 11.0. The third kappa shape index (κ3) is 2.70. The molecule has 0 bridgehead atoms. The normalized spacial score (nSPS) is 18.2. The van der Waals surface area contributed by atoms with Crippen LogP contribution in [-0.2, 0) is 9.59 Å². The van der Waals surface area contributed by atoms with Crippen LogP contribution in [0.1, 0.15) is 13.3 Å². The number of aliphatic carboxylic acids is 1. The molecule has 0 saturated carbocycles. The largest absolute Gasteiger partial charge is 0.474 e. The molecule has 1 aliphatic heterocycles. The lowest BCUT2D eigenvalue weighted by Gasteiger charge is -2.33. The van der Waals surface area contributed by atoms with Crippen LogP contribution in [0.5, 0.6) is 0 Å². The van der Waals surface area contributed by atoms with Gasteiger partial charge in [0.2, 0.25) is 0 Å². The van der Waals surface area contributed by atoms with E-state index in [1.807, 2.05) is 0 Å². The first-order chi connectivity index (χ1) is 6.65. The van der Waals surface area contributed by atoms with Gasteiger partial charge in [-0.15, -0.1) is 0 Å². The van der Waals surface area contributed by atoms with E-state index in [2.05, 4.69) is 11.8 Å². The molecular formula is C9H16N2O3. The maximum Gasteiger partial charge on any atom is 0.394 e. The molecule has 1 aliphatic rings. The number of rotatable bonds is 2. The Labute approximate surface area is 83.3 Å². The van der Waals surface area contributed by atoms with Gasteiger partial charge in [-0.1, -0.05) is 6.92 Å². The summed E-state index contributed by atoms with van der Waals surface area (Å²) in [5, 5.41) is 8.50. The Kier molecular flexibility index (Phi) is 3.88. The molecule has 0 aromatic rings. The lowest BCUT2D eigenvalue weighted by atomic mass is 10.3. The van der Waals surface area contributed by atoms with Crippen LogP contribution >= 0.6 is 0 Å². The van der Waals surface area contributed by atoms with Gasteiger partial charge in [-0.2, -0.15) is 0 Å². The lowest BCUT2D eigenvalue weighted by Crippen LogP contribution is -2.50. The van der Waals surface area contributed by atoms with Crippen molar-refractivity contribution in [2.24, 2.45) is 0 Å². The molecule has 0 atom stereocenters. The molecule has 0 aromatic carbocycles. The molecule has 1 heterocycles. The maximum absolute atomic E-state index is 11.1. The molecule has 80 valence electrons. The number of carboxylic acid groups (broad SMARTS) is 1. The standard InChI is InChI=1S/C9H16N2O3/c1-2-3-10-4-6-11(7-5-10)8(12)9(13)14/h2-7H2,1H3,(H,13,14). The Hall–Kier alpha value is -1.10. The van der Waals surface area contributed by atoms with E-state index < -0.39 is 11.9 Å². The summed E-state index contributed by atoms with van der Waals surface area (Å²) in [7, 11) is 0. The predicted molar refractivity (Wildman–Crippen MR) is 50.9 cm³/mol. The van der Waals surface area contributed by atoms with E-state index in [9.17, 15) is 9.59 Å². The highest BCUT2D eigenvalue weighted by atomic mass is 16.4. The third-order valence-electron chi connectivity index (χ3n) is 2.38. The molecule has 0 spiro atoms. The fourth-order valence-corrected chi connectivity index (χ4v) is 1.63. The minimum Gasteiger partial charge on any atom is -0.474 e. The van der Waals surface area contributed by atoms with Gasteiger partial charge in [0.1, 0.15) is 0 Å². The SMILES string of the molecule is CCCN1CCN(C(=O)C(=O)O)CC1. The Balaban J connectivity index is 2.35. The molecule has 5 heteroatoms. The molecule has 14 heavy (non-hydrogen) atoms. The van der Waals surface area contributed by atoms with Gasteiger partial charge in [0.05, 0.1) is 0 Å².